The SMILES string of the molecule is O=[Se]=O.O=[Se]=O. The molecule has 0 bridgehead atoms. The molecule has 0 aromatic carbocycles. The van der Waals surface area contributed by atoms with E-state index in [1.807, 2.05) is 0 Å². The van der Waals surface area contributed by atoms with Crippen molar-refractivity contribution in [2.45, 2.75) is 0 Å². The fraction of sp³-hybridized carbons (Fsp3) is 0. The minimum atomic E-state index is -1.62. The van der Waals surface area contributed by atoms with Crippen LogP contribution in [0.25, 0.3) is 0 Å². The topological polar surface area (TPSA) is 68.3 Å². The van der Waals surface area contributed by atoms with Gasteiger partial charge in [0, 0.05) is 0 Å². The minimum absolute atomic E-state index is 1.62. The van der Waals surface area contributed by atoms with Crippen LogP contribution in [0.5, 0.6) is 0 Å². The molecule has 0 aliphatic rings. The predicted octanol–water partition coefficient (Wildman–Crippen LogP) is -1.24. The number of hydrogen-bond donors (Lipinski definition) is 0. The fourth-order valence-electron chi connectivity index (χ4n) is 0. The standard InChI is InChI=1S/2O2Se/c2*1-3-2. The van der Waals surface area contributed by atoms with Gasteiger partial charge in [-0.15, -0.1) is 0 Å². The number of rotatable bonds is 0. The molecule has 0 saturated heterocycles. The molecule has 4 nitrogen and oxygen atoms in total. The molecule has 0 aromatic rings. The first-order valence-corrected chi connectivity index (χ1v) is 3.46. The molecule has 0 amide bonds. The summed E-state index contributed by atoms with van der Waals surface area (Å²) in [5, 5.41) is 0. The Kier molecular flexibility index (Phi) is 29.8. The summed E-state index contributed by atoms with van der Waals surface area (Å²) in [6.07, 6.45) is 0. The van der Waals surface area contributed by atoms with E-state index in [1.54, 1.807) is 0 Å². The van der Waals surface area contributed by atoms with E-state index in [9.17, 15) is 0 Å². The average molecular weight is 222 g/mol. The Morgan fingerprint density at radius 1 is 0.667 bits per heavy atom. The quantitative estimate of drug-likeness (QED) is 0.481. The molecule has 0 aromatic heterocycles. The second-order valence-electron chi connectivity index (χ2n) is 0.136. The zero-order valence-electron chi connectivity index (χ0n) is 2.45. The summed E-state index contributed by atoms with van der Waals surface area (Å²) in [7, 11) is 0. The maximum atomic E-state index is 8.44. The van der Waals surface area contributed by atoms with Gasteiger partial charge >= 0.3 is 45.0 Å². The molecule has 0 rings (SSSR count). The average Bonchev–Trinajstić information content (AvgIpc) is 1.39. The van der Waals surface area contributed by atoms with Crippen LogP contribution in [0, 0.1) is 0 Å². The molecule has 0 fully saturated rings. The molecule has 6 heavy (non-hydrogen) atoms. The summed E-state index contributed by atoms with van der Waals surface area (Å²) in [5.41, 5.74) is 0. The molecule has 6 heteroatoms. The summed E-state index contributed by atoms with van der Waals surface area (Å²) < 4.78 is 33.8. The maximum absolute atomic E-state index is 8.44. The summed E-state index contributed by atoms with van der Waals surface area (Å²) in [6.45, 7) is 0. The van der Waals surface area contributed by atoms with Crippen LogP contribution in [-0.2, 0) is 15.3 Å². The second kappa shape index (κ2) is 18.8. The van der Waals surface area contributed by atoms with Crippen LogP contribution in [-0.4, -0.2) is 29.6 Å². The van der Waals surface area contributed by atoms with E-state index in [-0.39, 0.29) is 0 Å². The molecular weight excluding hydrogens is 222 g/mol. The predicted molar refractivity (Wildman–Crippen MR) is 14.3 cm³/mol. The van der Waals surface area contributed by atoms with Crippen molar-refractivity contribution < 1.29 is 15.3 Å². The van der Waals surface area contributed by atoms with Crippen molar-refractivity contribution in [3.05, 3.63) is 0 Å². The summed E-state index contributed by atoms with van der Waals surface area (Å²) in [6, 6.07) is 0. The van der Waals surface area contributed by atoms with Crippen LogP contribution in [0.3, 0.4) is 0 Å². The summed E-state index contributed by atoms with van der Waals surface area (Å²) >= 11 is -3.25. The molecule has 0 N–H and O–H groups in total. The van der Waals surface area contributed by atoms with E-state index in [0.717, 1.165) is 0 Å². The first kappa shape index (κ1) is 9.53. The monoisotopic (exact) mass is 224 g/mol. The molecule has 0 atom stereocenters. The molecular formula is O4Se2. The van der Waals surface area contributed by atoms with Crippen molar-refractivity contribution in [1.82, 2.24) is 0 Å². The summed E-state index contributed by atoms with van der Waals surface area (Å²) in [5.74, 6) is 0. The van der Waals surface area contributed by atoms with E-state index < -0.39 is 29.6 Å². The van der Waals surface area contributed by atoms with Gasteiger partial charge in [0.15, 0.2) is 0 Å². The van der Waals surface area contributed by atoms with Crippen molar-refractivity contribution in [3.8, 4) is 0 Å². The van der Waals surface area contributed by atoms with E-state index in [4.69, 9.17) is 15.3 Å². The van der Waals surface area contributed by atoms with Crippen molar-refractivity contribution in [2.24, 2.45) is 0 Å². The zero-order valence-corrected chi connectivity index (χ0v) is 5.88. The van der Waals surface area contributed by atoms with Gasteiger partial charge in [-0.3, -0.25) is 0 Å². The summed E-state index contributed by atoms with van der Waals surface area (Å²) in [4.78, 5) is 0. The van der Waals surface area contributed by atoms with Crippen LogP contribution in [0.2, 0.25) is 0 Å². The Morgan fingerprint density at radius 3 is 0.667 bits per heavy atom. The molecule has 0 heterocycles. The van der Waals surface area contributed by atoms with Gasteiger partial charge in [-0.05, 0) is 0 Å². The van der Waals surface area contributed by atoms with E-state index >= 15 is 0 Å². The van der Waals surface area contributed by atoms with Gasteiger partial charge in [0.05, 0.1) is 0 Å². The van der Waals surface area contributed by atoms with Crippen molar-refractivity contribution in [2.75, 3.05) is 0 Å². The van der Waals surface area contributed by atoms with E-state index in [2.05, 4.69) is 0 Å². The molecule has 36 valence electrons. The van der Waals surface area contributed by atoms with Crippen molar-refractivity contribution >= 4 is 29.6 Å². The first-order valence-electron chi connectivity index (χ1n) is 0.667. The third-order valence-corrected chi connectivity index (χ3v) is 0. The Bertz CT molecular complexity index is 59.5. The Balaban J connectivity index is 0. The zero-order chi connectivity index (χ0) is 5.41. The normalized spacial score (nSPS) is 4.00. The molecule has 0 spiro atoms. The van der Waals surface area contributed by atoms with E-state index in [1.165, 1.54) is 0 Å². The van der Waals surface area contributed by atoms with Gasteiger partial charge in [-0.25, -0.2) is 0 Å². The van der Waals surface area contributed by atoms with Crippen molar-refractivity contribution in [1.29, 1.82) is 0 Å². The van der Waals surface area contributed by atoms with Crippen LogP contribution >= 0.6 is 0 Å². The van der Waals surface area contributed by atoms with Gasteiger partial charge in [0.1, 0.15) is 0 Å². The van der Waals surface area contributed by atoms with Crippen LogP contribution in [0.4, 0.5) is 0 Å². The van der Waals surface area contributed by atoms with Gasteiger partial charge in [-0.1, -0.05) is 0 Å². The molecule has 0 radical (unpaired) electrons. The van der Waals surface area contributed by atoms with Gasteiger partial charge in [-0.2, -0.15) is 0 Å². The van der Waals surface area contributed by atoms with Crippen molar-refractivity contribution in [3.63, 3.8) is 0 Å². The molecule has 0 saturated carbocycles. The molecule has 0 aliphatic heterocycles. The Labute approximate surface area is 45.4 Å². The first-order chi connectivity index (χ1) is 2.83. The fourth-order valence-corrected chi connectivity index (χ4v) is 0. The van der Waals surface area contributed by atoms with Gasteiger partial charge < -0.3 is 0 Å². The molecule has 0 unspecified atom stereocenters. The number of hydrogen-bond acceptors (Lipinski definition) is 4. The third-order valence-electron chi connectivity index (χ3n) is 0. The Morgan fingerprint density at radius 2 is 0.667 bits per heavy atom. The molecule has 0 aliphatic carbocycles. The van der Waals surface area contributed by atoms with Gasteiger partial charge in [0.25, 0.3) is 0 Å². The van der Waals surface area contributed by atoms with Crippen LogP contribution < -0.4 is 0 Å². The Hall–Kier alpha value is 0.239. The van der Waals surface area contributed by atoms with E-state index in [0.29, 0.717) is 0 Å². The van der Waals surface area contributed by atoms with Crippen LogP contribution in [0.15, 0.2) is 0 Å². The van der Waals surface area contributed by atoms with Crippen LogP contribution in [0.1, 0.15) is 0 Å². The third kappa shape index (κ3) is 779. The van der Waals surface area contributed by atoms with Gasteiger partial charge in [0.2, 0.25) is 0 Å². The second-order valence-corrected chi connectivity index (χ2v) is 0.707.